The highest BCUT2D eigenvalue weighted by molar-refractivity contribution is 7.99. The summed E-state index contributed by atoms with van der Waals surface area (Å²) in [6, 6.07) is 15.3. The second-order valence-corrected chi connectivity index (χ2v) is 7.74. The minimum atomic E-state index is -1.15. The summed E-state index contributed by atoms with van der Waals surface area (Å²) in [6.07, 6.45) is -4.39. The number of fused-ring (bicyclic) bond motifs is 1. The number of nitro benzene ring substituents is 1. The first-order valence-electron chi connectivity index (χ1n) is 8.77. The number of rotatable bonds is 4. The summed E-state index contributed by atoms with van der Waals surface area (Å²) in [6.45, 7) is 0.169. The van der Waals surface area contributed by atoms with Crippen LogP contribution in [0, 0.1) is 10.1 Å². The van der Waals surface area contributed by atoms with E-state index >= 15 is 0 Å². The molecule has 4 rings (SSSR count). The first kappa shape index (κ1) is 19.3. The normalized spacial score (nSPS) is 32.5. The van der Waals surface area contributed by atoms with Crippen molar-refractivity contribution in [1.29, 1.82) is 0 Å². The van der Waals surface area contributed by atoms with Crippen LogP contribution in [-0.2, 0) is 14.2 Å². The fourth-order valence-electron chi connectivity index (χ4n) is 3.23. The van der Waals surface area contributed by atoms with Gasteiger partial charge < -0.3 is 24.4 Å². The van der Waals surface area contributed by atoms with Gasteiger partial charge in [-0.2, -0.15) is 0 Å². The largest absolute Gasteiger partial charge is 0.387 e. The van der Waals surface area contributed by atoms with Gasteiger partial charge in [0.25, 0.3) is 5.69 Å². The van der Waals surface area contributed by atoms with Crippen LogP contribution in [0.1, 0.15) is 11.9 Å². The van der Waals surface area contributed by atoms with Crippen molar-refractivity contribution in [2.75, 3.05) is 6.61 Å². The van der Waals surface area contributed by atoms with Crippen LogP contribution < -0.4 is 0 Å². The Morgan fingerprint density at radius 3 is 2.39 bits per heavy atom. The van der Waals surface area contributed by atoms with Gasteiger partial charge in [-0.25, -0.2) is 0 Å². The molecule has 28 heavy (non-hydrogen) atoms. The van der Waals surface area contributed by atoms with Crippen LogP contribution in [-0.4, -0.2) is 51.6 Å². The van der Waals surface area contributed by atoms with Crippen LogP contribution in [0.4, 0.5) is 5.69 Å². The van der Waals surface area contributed by atoms with Crippen LogP contribution in [0.5, 0.6) is 0 Å². The number of benzene rings is 2. The zero-order chi connectivity index (χ0) is 19.7. The van der Waals surface area contributed by atoms with Crippen LogP contribution in [0.25, 0.3) is 0 Å². The van der Waals surface area contributed by atoms with Gasteiger partial charge in [-0.3, -0.25) is 10.1 Å². The molecule has 2 aromatic carbocycles. The van der Waals surface area contributed by atoms with Crippen LogP contribution >= 0.6 is 11.8 Å². The molecular weight excluding hydrogens is 386 g/mol. The monoisotopic (exact) mass is 405 g/mol. The predicted octanol–water partition coefficient (Wildman–Crippen LogP) is 2.25. The number of nitro groups is 1. The standard InChI is InChI=1S/C19H19NO7S/c21-15-16(22)19(28-13-4-2-1-3-5-13)26-14-10-25-18(27-17(14)15)11-6-8-12(9-7-11)20(23)24/h1-9,14-19,21-22H,10H2/t14-,15-,16-,17+,18?,19+/m1/s1. The number of hydrogen-bond acceptors (Lipinski definition) is 8. The van der Waals surface area contributed by atoms with E-state index in [0.717, 1.165) is 4.90 Å². The number of aliphatic hydroxyl groups excluding tert-OH is 2. The lowest BCUT2D eigenvalue weighted by molar-refractivity contribution is -0.384. The van der Waals surface area contributed by atoms with E-state index in [1.807, 2.05) is 30.3 Å². The fraction of sp³-hybridized carbons (Fsp3) is 0.368. The molecule has 2 fully saturated rings. The molecule has 2 aliphatic heterocycles. The SMILES string of the molecule is O=[N+]([O-])c1ccc(C2OC[C@H]3O[C@@H](Sc4ccccc4)[C@H](O)[C@@H](O)[C@H]3O2)cc1. The third-order valence-electron chi connectivity index (χ3n) is 4.70. The van der Waals surface area contributed by atoms with Crippen molar-refractivity contribution in [2.24, 2.45) is 0 Å². The minimum absolute atomic E-state index is 0.0327. The molecule has 8 nitrogen and oxygen atoms in total. The number of hydrogen-bond donors (Lipinski definition) is 2. The van der Waals surface area contributed by atoms with E-state index in [1.54, 1.807) is 12.1 Å². The van der Waals surface area contributed by atoms with Gasteiger partial charge in [0.2, 0.25) is 0 Å². The quantitative estimate of drug-likeness (QED) is 0.589. The van der Waals surface area contributed by atoms with Crippen molar-refractivity contribution in [3.8, 4) is 0 Å². The van der Waals surface area contributed by atoms with E-state index in [0.29, 0.717) is 5.56 Å². The van der Waals surface area contributed by atoms with E-state index in [-0.39, 0.29) is 12.3 Å². The summed E-state index contributed by atoms with van der Waals surface area (Å²) in [5.74, 6) is 0. The minimum Gasteiger partial charge on any atom is -0.387 e. The molecule has 0 spiro atoms. The third-order valence-corrected chi connectivity index (χ3v) is 5.87. The molecule has 0 saturated carbocycles. The highest BCUT2D eigenvalue weighted by Crippen LogP contribution is 2.38. The van der Waals surface area contributed by atoms with Crippen LogP contribution in [0.15, 0.2) is 59.5 Å². The highest BCUT2D eigenvalue weighted by Gasteiger charge is 2.49. The van der Waals surface area contributed by atoms with Crippen LogP contribution in [0.2, 0.25) is 0 Å². The molecule has 2 saturated heterocycles. The molecule has 0 amide bonds. The van der Waals surface area contributed by atoms with Gasteiger partial charge >= 0.3 is 0 Å². The Kier molecular flexibility index (Phi) is 5.63. The molecule has 148 valence electrons. The van der Waals surface area contributed by atoms with Crippen molar-refractivity contribution < 1.29 is 29.3 Å². The molecule has 6 atom stereocenters. The summed E-state index contributed by atoms with van der Waals surface area (Å²) in [5.41, 5.74) is -0.0945. The lowest BCUT2D eigenvalue weighted by Gasteiger charge is -2.46. The summed E-state index contributed by atoms with van der Waals surface area (Å²) >= 11 is 1.33. The predicted molar refractivity (Wildman–Crippen MR) is 99.6 cm³/mol. The fourth-order valence-corrected chi connectivity index (χ4v) is 4.31. The van der Waals surface area contributed by atoms with Crippen molar-refractivity contribution in [1.82, 2.24) is 0 Å². The van der Waals surface area contributed by atoms with Crippen molar-refractivity contribution in [3.05, 3.63) is 70.3 Å². The maximum Gasteiger partial charge on any atom is 0.269 e. The molecule has 9 heteroatoms. The average molecular weight is 405 g/mol. The molecule has 2 N–H and O–H groups in total. The Morgan fingerprint density at radius 1 is 1.00 bits per heavy atom. The third kappa shape index (κ3) is 3.90. The molecule has 0 aliphatic carbocycles. The van der Waals surface area contributed by atoms with Crippen molar-refractivity contribution in [3.63, 3.8) is 0 Å². The van der Waals surface area contributed by atoms with E-state index in [4.69, 9.17) is 14.2 Å². The average Bonchev–Trinajstić information content (AvgIpc) is 2.72. The number of aliphatic hydroxyl groups is 2. The summed E-state index contributed by atoms with van der Waals surface area (Å²) in [5, 5.41) is 31.9. The zero-order valence-corrected chi connectivity index (χ0v) is 15.5. The van der Waals surface area contributed by atoms with Crippen LogP contribution in [0.3, 0.4) is 0 Å². The van der Waals surface area contributed by atoms with Gasteiger partial charge in [0.15, 0.2) is 6.29 Å². The van der Waals surface area contributed by atoms with Crippen molar-refractivity contribution >= 4 is 17.4 Å². The Hall–Kier alpha value is -2.01. The van der Waals surface area contributed by atoms with Gasteiger partial charge in [-0.05, 0) is 24.3 Å². The Bertz CT molecular complexity index is 817. The zero-order valence-electron chi connectivity index (χ0n) is 14.7. The van der Waals surface area contributed by atoms with E-state index < -0.39 is 41.1 Å². The second-order valence-electron chi connectivity index (χ2n) is 6.57. The molecule has 1 unspecified atom stereocenters. The first-order chi connectivity index (χ1) is 13.5. The number of non-ortho nitro benzene ring substituents is 1. The Balaban J connectivity index is 1.44. The molecule has 0 aromatic heterocycles. The number of thioether (sulfide) groups is 1. The van der Waals surface area contributed by atoms with Gasteiger partial charge in [0.1, 0.15) is 29.9 Å². The molecule has 2 aliphatic rings. The first-order valence-corrected chi connectivity index (χ1v) is 9.65. The van der Waals surface area contributed by atoms with Gasteiger partial charge in [-0.15, -0.1) is 0 Å². The summed E-state index contributed by atoms with van der Waals surface area (Å²) in [7, 11) is 0. The Labute approximate surface area is 165 Å². The summed E-state index contributed by atoms with van der Waals surface area (Å²) < 4.78 is 17.4. The molecule has 2 heterocycles. The van der Waals surface area contributed by atoms with E-state index in [2.05, 4.69) is 0 Å². The smallest absolute Gasteiger partial charge is 0.269 e. The van der Waals surface area contributed by atoms with Gasteiger partial charge in [-0.1, -0.05) is 30.0 Å². The number of ether oxygens (including phenoxy) is 3. The second kappa shape index (κ2) is 8.16. The van der Waals surface area contributed by atoms with Crippen molar-refractivity contribution in [2.45, 2.75) is 41.0 Å². The van der Waals surface area contributed by atoms with Gasteiger partial charge in [0.05, 0.1) is 11.5 Å². The van der Waals surface area contributed by atoms with E-state index in [1.165, 1.54) is 23.9 Å². The lowest BCUT2D eigenvalue weighted by Crippen LogP contribution is -2.60. The highest BCUT2D eigenvalue weighted by atomic mass is 32.2. The maximum absolute atomic E-state index is 10.8. The number of nitrogens with zero attached hydrogens (tertiary/aromatic N) is 1. The summed E-state index contributed by atoms with van der Waals surface area (Å²) in [4.78, 5) is 11.2. The topological polar surface area (TPSA) is 111 Å². The lowest BCUT2D eigenvalue weighted by atomic mass is 9.99. The Morgan fingerprint density at radius 2 is 1.71 bits per heavy atom. The molecule has 0 bridgehead atoms. The molecule has 2 aromatic rings. The van der Waals surface area contributed by atoms with Gasteiger partial charge in [0, 0.05) is 22.6 Å². The molecular formula is C19H19NO7S. The maximum atomic E-state index is 10.8. The van der Waals surface area contributed by atoms with E-state index in [9.17, 15) is 20.3 Å². The molecule has 0 radical (unpaired) electrons.